The van der Waals surface area contributed by atoms with Crippen LogP contribution in [0.4, 0.5) is 43.4 Å². The summed E-state index contributed by atoms with van der Waals surface area (Å²) >= 11 is 0. The van der Waals surface area contributed by atoms with E-state index in [9.17, 15) is 31.1 Å². The number of nitrogens with one attached hydrogen (secondary N) is 2. The van der Waals surface area contributed by atoms with Crippen molar-refractivity contribution in [3.8, 4) is 5.75 Å². The van der Waals surface area contributed by atoms with Crippen LogP contribution in [0.15, 0.2) is 36.4 Å². The third-order valence-electron chi connectivity index (χ3n) is 5.43. The Balaban J connectivity index is 0.00000210. The zero-order valence-electron chi connectivity index (χ0n) is 19.9. The fraction of sp³-hybridized carbons (Fsp3) is 0.458. The fourth-order valence-electron chi connectivity index (χ4n) is 3.81. The van der Waals surface area contributed by atoms with Gasteiger partial charge in [0.05, 0.1) is 11.5 Å². The number of carbonyl (C=O) groups is 1. The Morgan fingerprint density at radius 2 is 1.69 bits per heavy atom. The molecule has 1 amide bonds. The van der Waals surface area contributed by atoms with Crippen molar-refractivity contribution in [2.75, 3.05) is 35.7 Å². The molecular formula is C24H29F6N3O2. The Morgan fingerprint density at radius 1 is 1.06 bits per heavy atom. The summed E-state index contributed by atoms with van der Waals surface area (Å²) in [7, 11) is 1.66. The Kier molecular flexibility index (Phi) is 9.28. The minimum absolute atomic E-state index is 0.0292. The van der Waals surface area contributed by atoms with Crippen molar-refractivity contribution < 1.29 is 35.9 Å². The standard InChI is InChI=1S/C22H23F6N3O2.C2H6/c1-13-10-19(31-9-3-4-14(12-31)21(23,24)25)17(11-18(13)29-2)20(32)30-15-5-7-16(8-6-15)33-22(26,27)28;1-2/h5-8,10-11,14,29H,3-4,9,12H2,1-2H3,(H,30,32);1-2H3. The highest BCUT2D eigenvalue weighted by Crippen LogP contribution is 2.37. The highest BCUT2D eigenvalue weighted by molar-refractivity contribution is 6.09. The van der Waals surface area contributed by atoms with Crippen LogP contribution in [0.5, 0.6) is 5.75 Å². The van der Waals surface area contributed by atoms with E-state index in [0.717, 1.165) is 17.7 Å². The molecule has 0 radical (unpaired) electrons. The van der Waals surface area contributed by atoms with Gasteiger partial charge in [0.25, 0.3) is 5.91 Å². The summed E-state index contributed by atoms with van der Waals surface area (Å²) in [5, 5.41) is 5.53. The van der Waals surface area contributed by atoms with Gasteiger partial charge in [0.15, 0.2) is 0 Å². The third kappa shape index (κ3) is 7.69. The van der Waals surface area contributed by atoms with Crippen molar-refractivity contribution in [3.63, 3.8) is 0 Å². The van der Waals surface area contributed by atoms with Gasteiger partial charge in [-0.3, -0.25) is 4.79 Å². The van der Waals surface area contributed by atoms with Gasteiger partial charge in [0.2, 0.25) is 0 Å². The first-order valence-electron chi connectivity index (χ1n) is 11.2. The van der Waals surface area contributed by atoms with Crippen molar-refractivity contribution in [1.82, 2.24) is 0 Å². The van der Waals surface area contributed by atoms with Crippen LogP contribution in [0.1, 0.15) is 42.6 Å². The van der Waals surface area contributed by atoms with E-state index in [0.29, 0.717) is 24.3 Å². The van der Waals surface area contributed by atoms with Gasteiger partial charge in [0, 0.05) is 37.2 Å². The Labute approximate surface area is 200 Å². The van der Waals surface area contributed by atoms with Crippen molar-refractivity contribution >= 4 is 23.0 Å². The van der Waals surface area contributed by atoms with Crippen LogP contribution >= 0.6 is 0 Å². The molecule has 2 aromatic rings. The van der Waals surface area contributed by atoms with Crippen LogP contribution in [-0.2, 0) is 0 Å². The normalized spacial score (nSPS) is 16.2. The zero-order chi connectivity index (χ0) is 26.4. The van der Waals surface area contributed by atoms with Crippen LogP contribution in [0.2, 0.25) is 0 Å². The van der Waals surface area contributed by atoms with Crippen LogP contribution in [0.3, 0.4) is 0 Å². The first kappa shape index (κ1) is 28.1. The predicted molar refractivity (Wildman–Crippen MR) is 124 cm³/mol. The maximum atomic E-state index is 13.3. The summed E-state index contributed by atoms with van der Waals surface area (Å²) in [4.78, 5) is 14.6. The fourth-order valence-corrected chi connectivity index (χ4v) is 3.81. The zero-order valence-corrected chi connectivity index (χ0v) is 19.9. The number of aryl methyl sites for hydroxylation is 1. The lowest BCUT2D eigenvalue weighted by molar-refractivity contribution is -0.274. The van der Waals surface area contributed by atoms with E-state index in [1.54, 1.807) is 31.0 Å². The molecule has 1 aliphatic rings. The average molecular weight is 506 g/mol. The second-order valence-corrected chi connectivity index (χ2v) is 7.79. The number of carbonyl (C=O) groups excluding carboxylic acids is 1. The number of ether oxygens (including phenoxy) is 1. The molecule has 0 aromatic heterocycles. The molecule has 1 atom stereocenters. The molecule has 1 saturated heterocycles. The first-order valence-corrected chi connectivity index (χ1v) is 11.2. The Bertz CT molecular complexity index is 990. The van der Waals surface area contributed by atoms with E-state index >= 15 is 0 Å². The van der Waals surface area contributed by atoms with E-state index in [1.165, 1.54) is 12.1 Å². The minimum Gasteiger partial charge on any atom is -0.406 e. The van der Waals surface area contributed by atoms with Crippen molar-refractivity contribution in [2.24, 2.45) is 5.92 Å². The maximum absolute atomic E-state index is 13.3. The highest BCUT2D eigenvalue weighted by Gasteiger charge is 2.42. The van der Waals surface area contributed by atoms with Gasteiger partial charge in [-0.25, -0.2) is 0 Å². The van der Waals surface area contributed by atoms with E-state index < -0.39 is 30.1 Å². The lowest BCUT2D eigenvalue weighted by Crippen LogP contribution is -2.42. The number of benzene rings is 2. The number of hydrogen-bond donors (Lipinski definition) is 2. The molecule has 1 fully saturated rings. The molecule has 3 rings (SSSR count). The Morgan fingerprint density at radius 3 is 2.23 bits per heavy atom. The quantitative estimate of drug-likeness (QED) is 0.430. The third-order valence-corrected chi connectivity index (χ3v) is 5.43. The number of rotatable bonds is 5. The lowest BCUT2D eigenvalue weighted by Gasteiger charge is -2.36. The van der Waals surface area contributed by atoms with Gasteiger partial charge in [0.1, 0.15) is 5.75 Å². The van der Waals surface area contributed by atoms with E-state index in [2.05, 4.69) is 15.4 Å². The molecule has 194 valence electrons. The van der Waals surface area contributed by atoms with Crippen LogP contribution in [-0.4, -0.2) is 38.6 Å². The summed E-state index contributed by atoms with van der Waals surface area (Å²) in [6.45, 7) is 5.89. The van der Waals surface area contributed by atoms with Crippen LogP contribution < -0.4 is 20.3 Å². The summed E-state index contributed by atoms with van der Waals surface area (Å²) in [5.74, 6) is -2.53. The van der Waals surface area contributed by atoms with E-state index in [1.807, 2.05) is 13.8 Å². The number of halogens is 6. The smallest absolute Gasteiger partial charge is 0.406 e. The maximum Gasteiger partial charge on any atom is 0.573 e. The molecule has 0 aliphatic carbocycles. The number of amides is 1. The summed E-state index contributed by atoms with van der Waals surface area (Å²) in [6, 6.07) is 7.81. The number of piperidine rings is 1. The van der Waals surface area contributed by atoms with E-state index in [-0.39, 0.29) is 24.2 Å². The summed E-state index contributed by atoms with van der Waals surface area (Å²) in [5.41, 5.74) is 2.12. The SMILES string of the molecule is CC.CNc1cc(C(=O)Nc2ccc(OC(F)(F)F)cc2)c(N2CCCC(C(F)(F)F)C2)cc1C. The molecule has 11 heteroatoms. The molecule has 2 aromatic carbocycles. The van der Waals surface area contributed by atoms with Crippen LogP contribution in [0, 0.1) is 12.8 Å². The molecule has 5 nitrogen and oxygen atoms in total. The molecule has 1 aliphatic heterocycles. The topological polar surface area (TPSA) is 53.6 Å². The second kappa shape index (κ2) is 11.5. The number of nitrogens with zero attached hydrogens (tertiary/aromatic N) is 1. The van der Waals surface area contributed by atoms with Crippen molar-refractivity contribution in [3.05, 3.63) is 47.5 Å². The predicted octanol–water partition coefficient (Wildman–Crippen LogP) is 6.99. The second-order valence-electron chi connectivity index (χ2n) is 7.79. The molecule has 0 bridgehead atoms. The van der Waals surface area contributed by atoms with Crippen molar-refractivity contribution in [1.29, 1.82) is 0 Å². The van der Waals surface area contributed by atoms with Gasteiger partial charge in [-0.2, -0.15) is 13.2 Å². The van der Waals surface area contributed by atoms with E-state index in [4.69, 9.17) is 0 Å². The molecule has 2 N–H and O–H groups in total. The number of hydrogen-bond acceptors (Lipinski definition) is 4. The minimum atomic E-state index is -4.84. The van der Waals surface area contributed by atoms with Gasteiger partial charge in [-0.1, -0.05) is 13.8 Å². The molecule has 0 spiro atoms. The first-order chi connectivity index (χ1) is 16.4. The number of anilines is 3. The molecule has 0 saturated carbocycles. The summed E-state index contributed by atoms with van der Waals surface area (Å²) < 4.78 is 80.7. The summed E-state index contributed by atoms with van der Waals surface area (Å²) in [6.07, 6.45) is -8.81. The number of alkyl halides is 6. The van der Waals surface area contributed by atoms with Crippen LogP contribution in [0.25, 0.3) is 0 Å². The van der Waals surface area contributed by atoms with Gasteiger partial charge in [-0.15, -0.1) is 13.2 Å². The highest BCUT2D eigenvalue weighted by atomic mass is 19.4. The van der Waals surface area contributed by atoms with Gasteiger partial charge < -0.3 is 20.3 Å². The monoisotopic (exact) mass is 505 g/mol. The molecule has 1 unspecified atom stereocenters. The molecule has 35 heavy (non-hydrogen) atoms. The van der Waals surface area contributed by atoms with Gasteiger partial charge in [-0.05, 0) is 61.7 Å². The lowest BCUT2D eigenvalue weighted by atomic mass is 9.95. The van der Waals surface area contributed by atoms with Crippen molar-refractivity contribution in [2.45, 2.75) is 46.2 Å². The molecule has 1 heterocycles. The van der Waals surface area contributed by atoms with Gasteiger partial charge >= 0.3 is 12.5 Å². The average Bonchev–Trinajstić information content (AvgIpc) is 2.80. The Hall–Kier alpha value is -3.11. The largest absolute Gasteiger partial charge is 0.573 e. The molecular weight excluding hydrogens is 476 g/mol.